The predicted octanol–water partition coefficient (Wildman–Crippen LogP) is 3.65. The molecular formula is C19H17ClN2O3. The van der Waals surface area contributed by atoms with Crippen LogP contribution in [0, 0.1) is 0 Å². The van der Waals surface area contributed by atoms with Gasteiger partial charge >= 0.3 is 5.97 Å². The molecule has 0 aliphatic carbocycles. The largest absolute Gasteiger partial charge is 0.466 e. The number of carbonyl (C=O) groups excluding carboxylic acids is 2. The summed E-state index contributed by atoms with van der Waals surface area (Å²) in [6.45, 7) is 2.42. The molecular weight excluding hydrogens is 340 g/mol. The summed E-state index contributed by atoms with van der Waals surface area (Å²) < 4.78 is 5.02. The first kappa shape index (κ1) is 17.2. The molecule has 1 heterocycles. The van der Waals surface area contributed by atoms with E-state index in [1.165, 1.54) is 5.01 Å². The van der Waals surface area contributed by atoms with Gasteiger partial charge in [-0.15, -0.1) is 0 Å². The topological polar surface area (TPSA) is 59.0 Å². The zero-order chi connectivity index (χ0) is 17.8. The number of esters is 1. The van der Waals surface area contributed by atoms with Crippen LogP contribution in [-0.2, 0) is 16.1 Å². The molecule has 0 saturated carbocycles. The maximum atomic E-state index is 12.5. The van der Waals surface area contributed by atoms with Crippen molar-refractivity contribution in [3.63, 3.8) is 0 Å². The summed E-state index contributed by atoms with van der Waals surface area (Å²) in [6, 6.07) is 14.4. The zero-order valence-electron chi connectivity index (χ0n) is 13.7. The number of hydrogen-bond donors (Lipinski definition) is 0. The number of hydrazone groups is 1. The van der Waals surface area contributed by atoms with Gasteiger partial charge in [-0.2, -0.15) is 5.10 Å². The molecule has 0 atom stereocenters. The van der Waals surface area contributed by atoms with Crippen LogP contribution in [0.25, 0.3) is 0 Å². The highest BCUT2D eigenvalue weighted by Crippen LogP contribution is 2.23. The van der Waals surface area contributed by atoms with Crippen molar-refractivity contribution in [3.8, 4) is 0 Å². The highest BCUT2D eigenvalue weighted by molar-refractivity contribution is 6.30. The Kier molecular flexibility index (Phi) is 5.14. The van der Waals surface area contributed by atoms with Crippen LogP contribution in [0.15, 0.2) is 53.6 Å². The SMILES string of the molecule is CCOC(=O)CC(=NN1Cc2ccccc2C1=O)c1ccc(Cl)cc1. The molecule has 0 fully saturated rings. The minimum atomic E-state index is -0.389. The lowest BCUT2D eigenvalue weighted by molar-refractivity contribution is -0.141. The number of benzene rings is 2. The molecule has 1 aliphatic rings. The van der Waals surface area contributed by atoms with E-state index in [1.54, 1.807) is 37.3 Å². The summed E-state index contributed by atoms with van der Waals surface area (Å²) >= 11 is 5.93. The number of rotatable bonds is 5. The number of hydrogen-bond acceptors (Lipinski definition) is 4. The fourth-order valence-corrected chi connectivity index (χ4v) is 2.78. The summed E-state index contributed by atoms with van der Waals surface area (Å²) in [7, 11) is 0. The molecule has 0 radical (unpaired) electrons. The van der Waals surface area contributed by atoms with Crippen molar-refractivity contribution in [3.05, 3.63) is 70.2 Å². The normalized spacial score (nSPS) is 13.8. The lowest BCUT2D eigenvalue weighted by Crippen LogP contribution is -2.22. The van der Waals surface area contributed by atoms with Crippen LogP contribution in [0.1, 0.15) is 34.8 Å². The minimum Gasteiger partial charge on any atom is -0.466 e. The van der Waals surface area contributed by atoms with Crippen LogP contribution in [0.2, 0.25) is 5.02 Å². The molecule has 128 valence electrons. The van der Waals surface area contributed by atoms with Crippen LogP contribution in [0.5, 0.6) is 0 Å². The summed E-state index contributed by atoms with van der Waals surface area (Å²) in [4.78, 5) is 24.4. The third-order valence-electron chi connectivity index (χ3n) is 3.84. The van der Waals surface area contributed by atoms with Gasteiger partial charge in [0.15, 0.2) is 0 Å². The van der Waals surface area contributed by atoms with E-state index >= 15 is 0 Å². The van der Waals surface area contributed by atoms with Crippen molar-refractivity contribution in [2.24, 2.45) is 5.10 Å². The lowest BCUT2D eigenvalue weighted by atomic mass is 10.1. The maximum absolute atomic E-state index is 12.5. The molecule has 5 nitrogen and oxygen atoms in total. The summed E-state index contributed by atoms with van der Waals surface area (Å²) in [5.74, 6) is -0.564. The number of halogens is 1. The Balaban J connectivity index is 1.91. The van der Waals surface area contributed by atoms with Gasteiger partial charge in [0.05, 0.1) is 25.3 Å². The van der Waals surface area contributed by atoms with Crippen molar-refractivity contribution in [1.82, 2.24) is 5.01 Å². The van der Waals surface area contributed by atoms with E-state index in [2.05, 4.69) is 5.10 Å². The quantitative estimate of drug-likeness (QED) is 0.607. The molecule has 2 aromatic carbocycles. The van der Waals surface area contributed by atoms with E-state index < -0.39 is 0 Å². The fourth-order valence-electron chi connectivity index (χ4n) is 2.65. The van der Waals surface area contributed by atoms with Gasteiger partial charge in [0.25, 0.3) is 5.91 Å². The van der Waals surface area contributed by atoms with Gasteiger partial charge in [-0.25, -0.2) is 5.01 Å². The first-order chi connectivity index (χ1) is 12.1. The molecule has 1 aliphatic heterocycles. The molecule has 0 saturated heterocycles. The zero-order valence-corrected chi connectivity index (χ0v) is 14.5. The van der Waals surface area contributed by atoms with Gasteiger partial charge in [-0.05, 0) is 36.2 Å². The molecule has 0 aromatic heterocycles. The smallest absolute Gasteiger partial charge is 0.311 e. The Bertz CT molecular complexity index is 831. The van der Waals surface area contributed by atoms with E-state index in [0.717, 1.165) is 11.1 Å². The van der Waals surface area contributed by atoms with E-state index in [4.69, 9.17) is 16.3 Å². The van der Waals surface area contributed by atoms with E-state index in [9.17, 15) is 9.59 Å². The summed E-state index contributed by atoms with van der Waals surface area (Å²) in [5, 5.41) is 6.42. The third-order valence-corrected chi connectivity index (χ3v) is 4.09. The highest BCUT2D eigenvalue weighted by Gasteiger charge is 2.27. The van der Waals surface area contributed by atoms with Gasteiger partial charge in [0, 0.05) is 10.6 Å². The van der Waals surface area contributed by atoms with Crippen LogP contribution < -0.4 is 0 Å². The Hall–Kier alpha value is -2.66. The average Bonchev–Trinajstić information content (AvgIpc) is 2.91. The van der Waals surface area contributed by atoms with Gasteiger partial charge in [-0.1, -0.05) is 41.9 Å². The number of carbonyl (C=O) groups is 2. The third kappa shape index (κ3) is 3.88. The molecule has 3 rings (SSSR count). The molecule has 2 aromatic rings. The van der Waals surface area contributed by atoms with Crippen molar-refractivity contribution < 1.29 is 14.3 Å². The number of fused-ring (bicyclic) bond motifs is 1. The first-order valence-electron chi connectivity index (χ1n) is 7.97. The standard InChI is InChI=1S/C19H17ClN2O3/c1-2-25-18(23)11-17(13-7-9-15(20)10-8-13)21-22-12-14-5-3-4-6-16(14)19(22)24/h3-10H,2,11-12H2,1H3. The van der Waals surface area contributed by atoms with Crippen molar-refractivity contribution >= 4 is 29.2 Å². The van der Waals surface area contributed by atoms with Gasteiger partial charge < -0.3 is 4.74 Å². The second kappa shape index (κ2) is 7.49. The van der Waals surface area contributed by atoms with Crippen LogP contribution in [-0.4, -0.2) is 29.2 Å². The number of nitrogens with zero attached hydrogens (tertiary/aromatic N) is 2. The molecule has 0 bridgehead atoms. The van der Waals surface area contributed by atoms with Gasteiger partial charge in [-0.3, -0.25) is 9.59 Å². The molecule has 0 unspecified atom stereocenters. The number of amides is 1. The van der Waals surface area contributed by atoms with Crippen molar-refractivity contribution in [1.29, 1.82) is 0 Å². The lowest BCUT2D eigenvalue weighted by Gasteiger charge is -2.13. The Morgan fingerprint density at radius 1 is 1.20 bits per heavy atom. The van der Waals surface area contributed by atoms with Gasteiger partial charge in [0.1, 0.15) is 0 Å². The molecule has 1 amide bonds. The summed E-state index contributed by atoms with van der Waals surface area (Å²) in [5.41, 5.74) is 2.75. The highest BCUT2D eigenvalue weighted by atomic mass is 35.5. The number of ether oxygens (including phenoxy) is 1. The maximum Gasteiger partial charge on any atom is 0.311 e. The van der Waals surface area contributed by atoms with Crippen LogP contribution in [0.4, 0.5) is 0 Å². The Labute approximate surface area is 150 Å². The second-order valence-corrected chi connectivity index (χ2v) is 5.99. The fraction of sp³-hybridized carbons (Fsp3) is 0.211. The van der Waals surface area contributed by atoms with Crippen LogP contribution in [0.3, 0.4) is 0 Å². The first-order valence-corrected chi connectivity index (χ1v) is 8.35. The minimum absolute atomic E-state index is 0.0183. The Morgan fingerprint density at radius 3 is 2.60 bits per heavy atom. The molecule has 0 spiro atoms. The molecule has 25 heavy (non-hydrogen) atoms. The van der Waals surface area contributed by atoms with Crippen molar-refractivity contribution in [2.45, 2.75) is 19.9 Å². The second-order valence-electron chi connectivity index (χ2n) is 5.56. The monoisotopic (exact) mass is 356 g/mol. The predicted molar refractivity (Wildman–Crippen MR) is 95.6 cm³/mol. The average molecular weight is 357 g/mol. The molecule has 6 heteroatoms. The Morgan fingerprint density at radius 2 is 1.92 bits per heavy atom. The van der Waals surface area contributed by atoms with Crippen LogP contribution >= 0.6 is 11.6 Å². The van der Waals surface area contributed by atoms with Gasteiger partial charge in [0.2, 0.25) is 0 Å². The van der Waals surface area contributed by atoms with E-state index in [1.807, 2.05) is 18.2 Å². The van der Waals surface area contributed by atoms with E-state index in [-0.39, 0.29) is 18.3 Å². The molecule has 0 N–H and O–H groups in total. The van der Waals surface area contributed by atoms with E-state index in [0.29, 0.717) is 29.4 Å². The van der Waals surface area contributed by atoms with Crippen molar-refractivity contribution in [2.75, 3.05) is 6.61 Å². The summed E-state index contributed by atoms with van der Waals surface area (Å²) in [6.07, 6.45) is -0.0183.